The van der Waals surface area contributed by atoms with E-state index in [0.29, 0.717) is 6.54 Å². The van der Waals surface area contributed by atoms with E-state index in [1.807, 2.05) is 6.07 Å². The first-order valence-corrected chi connectivity index (χ1v) is 5.63. The normalized spacial score (nSPS) is 22.5. The molecule has 1 heterocycles. The molecule has 7 heteroatoms. The number of nitrogens with one attached hydrogen (secondary N) is 3. The first-order chi connectivity index (χ1) is 8.61. The lowest BCUT2D eigenvalue weighted by Gasteiger charge is -2.15. The van der Waals surface area contributed by atoms with Gasteiger partial charge in [0.25, 0.3) is 5.91 Å². The van der Waals surface area contributed by atoms with Crippen molar-refractivity contribution in [3.8, 4) is 6.07 Å². The van der Waals surface area contributed by atoms with Crippen LogP contribution in [0.15, 0.2) is 18.2 Å². The first-order valence-electron chi connectivity index (χ1n) is 5.25. The predicted octanol–water partition coefficient (Wildman–Crippen LogP) is 0.783. The topological polar surface area (TPSA) is 77.0 Å². The molecule has 3 N–H and O–H groups in total. The molecule has 1 amide bonds. The van der Waals surface area contributed by atoms with Crippen molar-refractivity contribution in [2.24, 2.45) is 5.92 Å². The number of hydrazine groups is 1. The van der Waals surface area contributed by atoms with Gasteiger partial charge in [-0.15, -0.1) is 0 Å². The van der Waals surface area contributed by atoms with Crippen LogP contribution in [-0.2, 0) is 0 Å². The Kier molecular flexibility index (Phi) is 3.77. The fraction of sp³-hybridized carbons (Fsp3) is 0.273. The van der Waals surface area contributed by atoms with Crippen molar-refractivity contribution in [1.82, 2.24) is 16.2 Å². The Morgan fingerprint density at radius 1 is 1.61 bits per heavy atom. The molecule has 1 aliphatic heterocycles. The molecule has 0 aromatic heterocycles. The molecular formula is C11H10ClFN4O. The number of nitrogens with zero attached hydrogens (tertiary/aromatic N) is 1. The van der Waals surface area contributed by atoms with Crippen molar-refractivity contribution in [3.63, 3.8) is 0 Å². The maximum atomic E-state index is 13.5. The highest BCUT2D eigenvalue weighted by atomic mass is 35.5. The van der Waals surface area contributed by atoms with E-state index in [0.717, 1.165) is 6.07 Å². The zero-order valence-electron chi connectivity index (χ0n) is 9.21. The molecule has 0 bridgehead atoms. The van der Waals surface area contributed by atoms with Crippen molar-refractivity contribution in [3.05, 3.63) is 34.6 Å². The number of hydrogen-bond donors (Lipinski definition) is 3. The van der Waals surface area contributed by atoms with Crippen LogP contribution in [-0.4, -0.2) is 18.6 Å². The lowest BCUT2D eigenvalue weighted by Crippen LogP contribution is -2.46. The highest BCUT2D eigenvalue weighted by Gasteiger charge is 2.28. The maximum Gasteiger partial charge on any atom is 0.255 e. The number of benzene rings is 1. The third-order valence-electron chi connectivity index (χ3n) is 2.61. The van der Waals surface area contributed by atoms with E-state index in [4.69, 9.17) is 16.9 Å². The smallest absolute Gasteiger partial charge is 0.255 e. The molecule has 0 saturated carbocycles. The molecule has 2 rings (SSSR count). The number of amides is 1. The molecule has 1 saturated heterocycles. The molecule has 2 unspecified atom stereocenters. The summed E-state index contributed by atoms with van der Waals surface area (Å²) in [5, 5.41) is 11.6. The summed E-state index contributed by atoms with van der Waals surface area (Å²) in [5.74, 6) is -1.68. The van der Waals surface area contributed by atoms with E-state index >= 15 is 0 Å². The summed E-state index contributed by atoms with van der Waals surface area (Å²) in [4.78, 5) is 11.8. The van der Waals surface area contributed by atoms with Crippen LogP contribution in [0, 0.1) is 23.1 Å². The van der Waals surface area contributed by atoms with Crippen molar-refractivity contribution < 1.29 is 9.18 Å². The molecule has 1 fully saturated rings. The highest BCUT2D eigenvalue weighted by Crippen LogP contribution is 2.15. The SMILES string of the molecule is N#CC1CNNC1NC(=O)c1cc(Cl)ccc1F. The third-order valence-corrected chi connectivity index (χ3v) is 2.84. The third kappa shape index (κ3) is 2.59. The molecule has 2 atom stereocenters. The average molecular weight is 269 g/mol. The summed E-state index contributed by atoms with van der Waals surface area (Å²) in [7, 11) is 0. The number of nitriles is 1. The molecule has 5 nitrogen and oxygen atoms in total. The van der Waals surface area contributed by atoms with Gasteiger partial charge >= 0.3 is 0 Å². The number of carbonyl (C=O) groups excluding carboxylic acids is 1. The number of halogens is 2. The minimum absolute atomic E-state index is 0.145. The van der Waals surface area contributed by atoms with Gasteiger partial charge in [0.15, 0.2) is 0 Å². The second kappa shape index (κ2) is 5.31. The minimum Gasteiger partial charge on any atom is -0.334 e. The standard InChI is InChI=1S/C11H10ClFN4O/c12-7-1-2-9(13)8(3-7)11(18)16-10-6(4-14)5-15-17-10/h1-3,6,10,15,17H,5H2,(H,16,18). The van der Waals surface area contributed by atoms with Gasteiger partial charge in [-0.2, -0.15) is 5.26 Å². The van der Waals surface area contributed by atoms with Gasteiger partial charge in [-0.1, -0.05) is 11.6 Å². The Morgan fingerprint density at radius 3 is 3.11 bits per heavy atom. The second-order valence-electron chi connectivity index (χ2n) is 3.84. The molecule has 1 aromatic rings. The quantitative estimate of drug-likeness (QED) is 0.741. The lowest BCUT2D eigenvalue weighted by atomic mass is 10.1. The summed E-state index contributed by atoms with van der Waals surface area (Å²) in [6.07, 6.45) is -0.555. The van der Waals surface area contributed by atoms with E-state index in [9.17, 15) is 9.18 Å². The Morgan fingerprint density at radius 2 is 2.39 bits per heavy atom. The monoisotopic (exact) mass is 268 g/mol. The second-order valence-corrected chi connectivity index (χ2v) is 4.27. The van der Waals surface area contributed by atoms with Crippen LogP contribution in [0.5, 0.6) is 0 Å². The Hall–Kier alpha value is -1.68. The van der Waals surface area contributed by atoms with Crippen LogP contribution >= 0.6 is 11.6 Å². The predicted molar refractivity (Wildman–Crippen MR) is 62.9 cm³/mol. The Balaban J connectivity index is 2.13. The van der Waals surface area contributed by atoms with Crippen LogP contribution in [0.2, 0.25) is 5.02 Å². The summed E-state index contributed by atoms with van der Waals surface area (Å²) >= 11 is 5.71. The molecule has 18 heavy (non-hydrogen) atoms. The van der Waals surface area contributed by atoms with Crippen molar-refractivity contribution in [2.75, 3.05) is 6.54 Å². The van der Waals surface area contributed by atoms with Gasteiger partial charge in [-0.3, -0.25) is 10.2 Å². The summed E-state index contributed by atoms with van der Waals surface area (Å²) < 4.78 is 13.5. The molecule has 0 spiro atoms. The minimum atomic E-state index is -0.656. The summed E-state index contributed by atoms with van der Waals surface area (Å²) in [6, 6.07) is 5.77. The van der Waals surface area contributed by atoms with E-state index < -0.39 is 23.8 Å². The van der Waals surface area contributed by atoms with Gasteiger partial charge in [-0.05, 0) is 18.2 Å². The van der Waals surface area contributed by atoms with Crippen molar-refractivity contribution >= 4 is 17.5 Å². The Bertz CT molecular complexity index is 516. The van der Waals surface area contributed by atoms with E-state index in [2.05, 4.69) is 16.2 Å². The number of hydrogen-bond acceptors (Lipinski definition) is 4. The fourth-order valence-electron chi connectivity index (χ4n) is 1.64. The van der Waals surface area contributed by atoms with Gasteiger partial charge in [0, 0.05) is 11.6 Å². The van der Waals surface area contributed by atoms with Gasteiger partial charge < -0.3 is 5.32 Å². The van der Waals surface area contributed by atoms with Gasteiger partial charge in [0.2, 0.25) is 0 Å². The van der Waals surface area contributed by atoms with Gasteiger partial charge in [0.1, 0.15) is 12.0 Å². The number of rotatable bonds is 2. The van der Waals surface area contributed by atoms with Crippen LogP contribution < -0.4 is 16.2 Å². The van der Waals surface area contributed by atoms with E-state index in [1.54, 1.807) is 0 Å². The van der Waals surface area contributed by atoms with Crippen molar-refractivity contribution in [2.45, 2.75) is 6.17 Å². The highest BCUT2D eigenvalue weighted by molar-refractivity contribution is 6.31. The summed E-state index contributed by atoms with van der Waals surface area (Å²) in [6.45, 7) is 0.416. The Labute approximate surface area is 108 Å². The van der Waals surface area contributed by atoms with Crippen LogP contribution in [0.4, 0.5) is 4.39 Å². The molecular weight excluding hydrogens is 259 g/mol. The number of carbonyl (C=O) groups is 1. The maximum absolute atomic E-state index is 13.5. The fourth-order valence-corrected chi connectivity index (χ4v) is 1.82. The van der Waals surface area contributed by atoms with Crippen LogP contribution in [0.25, 0.3) is 0 Å². The van der Waals surface area contributed by atoms with Crippen molar-refractivity contribution in [1.29, 1.82) is 5.26 Å². The van der Waals surface area contributed by atoms with Gasteiger partial charge in [-0.25, -0.2) is 9.82 Å². The van der Waals surface area contributed by atoms with Crippen LogP contribution in [0.3, 0.4) is 0 Å². The first kappa shape index (κ1) is 12.8. The summed E-state index contributed by atoms with van der Waals surface area (Å²) in [5.41, 5.74) is 5.34. The van der Waals surface area contributed by atoms with Crippen LogP contribution in [0.1, 0.15) is 10.4 Å². The van der Waals surface area contributed by atoms with E-state index in [-0.39, 0.29) is 10.6 Å². The molecule has 0 radical (unpaired) electrons. The lowest BCUT2D eigenvalue weighted by molar-refractivity contribution is 0.0923. The largest absolute Gasteiger partial charge is 0.334 e. The zero-order valence-corrected chi connectivity index (χ0v) is 9.96. The average Bonchev–Trinajstić information content (AvgIpc) is 2.79. The zero-order chi connectivity index (χ0) is 13.1. The molecule has 0 aliphatic carbocycles. The van der Waals surface area contributed by atoms with Gasteiger partial charge in [0.05, 0.1) is 17.6 Å². The molecule has 94 valence electrons. The van der Waals surface area contributed by atoms with E-state index in [1.165, 1.54) is 12.1 Å². The molecule has 1 aliphatic rings. The molecule has 1 aromatic carbocycles.